The molecule has 0 aliphatic carbocycles. The normalized spacial score (nSPS) is 19.4. The monoisotopic (exact) mass is 313 g/mol. The Labute approximate surface area is 142 Å². The molecule has 4 rings (SSSR count). The molecular formula is C22H19NO. The molecule has 0 fully saturated rings. The van der Waals surface area contributed by atoms with Crippen LogP contribution in [0.25, 0.3) is 0 Å². The Bertz CT molecular complexity index is 842. The average Bonchev–Trinajstić information content (AvgIpc) is 2.65. The first-order valence-electron chi connectivity index (χ1n) is 8.31. The standard InChI is InChI=1S/C22H19NO/c24-22-18-13-7-8-14-20(18)23-21(17-11-5-2-6-12-17)19(22)15-16-9-3-1-4-10-16/h1-14,19,21,23H,15H2/t19-,21-/m0/s1. The van der Waals surface area contributed by atoms with Crippen molar-refractivity contribution in [3.05, 3.63) is 102 Å². The van der Waals surface area contributed by atoms with E-state index in [1.165, 1.54) is 5.56 Å². The van der Waals surface area contributed by atoms with E-state index >= 15 is 0 Å². The highest BCUT2D eigenvalue weighted by atomic mass is 16.1. The summed E-state index contributed by atoms with van der Waals surface area (Å²) in [6.07, 6.45) is 0.737. The third-order valence-corrected chi connectivity index (χ3v) is 4.70. The molecule has 0 spiro atoms. The number of anilines is 1. The summed E-state index contributed by atoms with van der Waals surface area (Å²) in [6, 6.07) is 28.3. The second-order valence-electron chi connectivity index (χ2n) is 6.24. The maximum atomic E-state index is 13.2. The third-order valence-electron chi connectivity index (χ3n) is 4.70. The molecule has 2 heteroatoms. The number of nitrogens with one attached hydrogen (secondary N) is 1. The molecule has 24 heavy (non-hydrogen) atoms. The number of benzene rings is 3. The fraction of sp³-hybridized carbons (Fsp3) is 0.136. The Morgan fingerprint density at radius 3 is 2.12 bits per heavy atom. The predicted octanol–water partition coefficient (Wildman–Crippen LogP) is 4.90. The zero-order chi connectivity index (χ0) is 16.4. The molecule has 3 aromatic rings. The molecule has 1 heterocycles. The van der Waals surface area contributed by atoms with Crippen LogP contribution in [0.3, 0.4) is 0 Å². The van der Waals surface area contributed by atoms with Gasteiger partial charge in [-0.15, -0.1) is 0 Å². The number of carbonyl (C=O) groups excluding carboxylic acids is 1. The second kappa shape index (κ2) is 6.32. The van der Waals surface area contributed by atoms with Crippen molar-refractivity contribution in [2.24, 2.45) is 5.92 Å². The minimum atomic E-state index is -0.107. The highest BCUT2D eigenvalue weighted by molar-refractivity contribution is 6.05. The molecule has 1 aliphatic heterocycles. The van der Waals surface area contributed by atoms with Gasteiger partial charge in [0.1, 0.15) is 0 Å². The first-order chi connectivity index (χ1) is 11.8. The van der Waals surface area contributed by atoms with E-state index in [1.54, 1.807) is 0 Å². The molecule has 0 unspecified atom stereocenters. The smallest absolute Gasteiger partial charge is 0.170 e. The number of hydrogen-bond donors (Lipinski definition) is 1. The SMILES string of the molecule is O=C1c2ccccc2N[C@@H](c2ccccc2)[C@@H]1Cc1ccccc1. The number of hydrogen-bond acceptors (Lipinski definition) is 2. The van der Waals surface area contributed by atoms with Gasteiger partial charge in [-0.05, 0) is 29.7 Å². The Morgan fingerprint density at radius 2 is 1.38 bits per heavy atom. The van der Waals surface area contributed by atoms with Crippen LogP contribution in [0.2, 0.25) is 0 Å². The van der Waals surface area contributed by atoms with Crippen molar-refractivity contribution in [2.75, 3.05) is 5.32 Å². The maximum Gasteiger partial charge on any atom is 0.170 e. The lowest BCUT2D eigenvalue weighted by atomic mass is 9.79. The summed E-state index contributed by atoms with van der Waals surface area (Å²) in [5, 5.41) is 3.59. The molecule has 0 aromatic heterocycles. The molecule has 0 saturated heterocycles. The lowest BCUT2D eigenvalue weighted by molar-refractivity contribution is 0.0898. The molecule has 1 aliphatic rings. The summed E-state index contributed by atoms with van der Waals surface area (Å²) >= 11 is 0. The van der Waals surface area contributed by atoms with Gasteiger partial charge < -0.3 is 5.32 Å². The molecule has 118 valence electrons. The van der Waals surface area contributed by atoms with E-state index in [1.807, 2.05) is 60.7 Å². The van der Waals surface area contributed by atoms with Gasteiger partial charge in [0, 0.05) is 11.3 Å². The zero-order valence-corrected chi connectivity index (χ0v) is 13.4. The van der Waals surface area contributed by atoms with Crippen molar-refractivity contribution in [1.82, 2.24) is 0 Å². The van der Waals surface area contributed by atoms with E-state index in [9.17, 15) is 4.79 Å². The summed E-state index contributed by atoms with van der Waals surface area (Å²) in [7, 11) is 0. The van der Waals surface area contributed by atoms with Crippen LogP contribution in [0.1, 0.15) is 27.5 Å². The summed E-state index contributed by atoms with van der Waals surface area (Å²) in [5.74, 6) is 0.117. The predicted molar refractivity (Wildman–Crippen MR) is 97.2 cm³/mol. The van der Waals surface area contributed by atoms with E-state index < -0.39 is 0 Å². The van der Waals surface area contributed by atoms with Crippen LogP contribution in [0.15, 0.2) is 84.9 Å². The summed E-state index contributed by atoms with van der Waals surface area (Å²) < 4.78 is 0. The van der Waals surface area contributed by atoms with Crippen LogP contribution in [-0.4, -0.2) is 5.78 Å². The van der Waals surface area contributed by atoms with Gasteiger partial charge in [0.25, 0.3) is 0 Å². The Kier molecular flexibility index (Phi) is 3.87. The largest absolute Gasteiger partial charge is 0.377 e. The first-order valence-corrected chi connectivity index (χ1v) is 8.31. The van der Waals surface area contributed by atoms with Crippen LogP contribution in [-0.2, 0) is 6.42 Å². The third kappa shape index (κ3) is 2.71. The van der Waals surface area contributed by atoms with Crippen molar-refractivity contribution in [3.63, 3.8) is 0 Å². The fourth-order valence-electron chi connectivity index (χ4n) is 3.50. The van der Waals surface area contributed by atoms with Crippen LogP contribution in [0.4, 0.5) is 5.69 Å². The number of Topliss-reactive ketones (excluding diaryl/α,β-unsaturated/α-hetero) is 1. The summed E-state index contributed by atoms with van der Waals surface area (Å²) in [4.78, 5) is 13.2. The van der Waals surface area contributed by atoms with Gasteiger partial charge in [-0.2, -0.15) is 0 Å². The highest BCUT2D eigenvalue weighted by Crippen LogP contribution is 2.38. The van der Waals surface area contributed by atoms with Crippen molar-refractivity contribution < 1.29 is 4.79 Å². The quantitative estimate of drug-likeness (QED) is 0.745. The zero-order valence-electron chi connectivity index (χ0n) is 13.4. The van der Waals surface area contributed by atoms with Crippen LogP contribution >= 0.6 is 0 Å². The van der Waals surface area contributed by atoms with Gasteiger partial charge >= 0.3 is 0 Å². The van der Waals surface area contributed by atoms with Crippen LogP contribution in [0, 0.1) is 5.92 Å². The van der Waals surface area contributed by atoms with Gasteiger partial charge in [0.15, 0.2) is 5.78 Å². The van der Waals surface area contributed by atoms with Gasteiger partial charge in [0.2, 0.25) is 0 Å². The average molecular weight is 313 g/mol. The minimum absolute atomic E-state index is 0.00574. The van der Waals surface area contributed by atoms with Crippen molar-refractivity contribution in [2.45, 2.75) is 12.5 Å². The molecule has 0 bridgehead atoms. The van der Waals surface area contributed by atoms with Gasteiger partial charge in [-0.1, -0.05) is 72.8 Å². The summed E-state index contributed by atoms with van der Waals surface area (Å²) in [6.45, 7) is 0. The van der Waals surface area contributed by atoms with Gasteiger partial charge in [-0.3, -0.25) is 4.79 Å². The van der Waals surface area contributed by atoms with E-state index in [0.29, 0.717) is 0 Å². The Morgan fingerprint density at radius 1 is 0.750 bits per heavy atom. The first kappa shape index (κ1) is 14.7. The molecule has 2 atom stereocenters. The van der Waals surface area contributed by atoms with Crippen molar-refractivity contribution in [3.8, 4) is 0 Å². The van der Waals surface area contributed by atoms with Gasteiger partial charge in [-0.25, -0.2) is 0 Å². The van der Waals surface area contributed by atoms with Crippen LogP contribution < -0.4 is 5.32 Å². The number of ketones is 1. The summed E-state index contributed by atoms with van der Waals surface area (Å²) in [5.41, 5.74) is 4.07. The van der Waals surface area contributed by atoms with E-state index in [4.69, 9.17) is 0 Å². The van der Waals surface area contributed by atoms with E-state index in [2.05, 4.69) is 29.6 Å². The molecule has 2 nitrogen and oxygen atoms in total. The lowest BCUT2D eigenvalue weighted by Crippen LogP contribution is -2.34. The molecule has 1 N–H and O–H groups in total. The van der Waals surface area contributed by atoms with E-state index in [0.717, 1.165) is 23.2 Å². The van der Waals surface area contributed by atoms with Crippen molar-refractivity contribution in [1.29, 1.82) is 0 Å². The molecule has 0 amide bonds. The minimum Gasteiger partial charge on any atom is -0.377 e. The Hall–Kier alpha value is -2.87. The number of rotatable bonds is 3. The second-order valence-corrected chi connectivity index (χ2v) is 6.24. The topological polar surface area (TPSA) is 29.1 Å². The maximum absolute atomic E-state index is 13.2. The van der Waals surface area contributed by atoms with Crippen molar-refractivity contribution >= 4 is 11.5 Å². The lowest BCUT2D eigenvalue weighted by Gasteiger charge is -2.34. The number of carbonyl (C=O) groups is 1. The molecular weight excluding hydrogens is 294 g/mol. The van der Waals surface area contributed by atoms with E-state index in [-0.39, 0.29) is 17.7 Å². The fourth-order valence-corrected chi connectivity index (χ4v) is 3.50. The number of fused-ring (bicyclic) bond motifs is 1. The highest BCUT2D eigenvalue weighted by Gasteiger charge is 2.35. The molecule has 0 saturated carbocycles. The Balaban J connectivity index is 1.76. The molecule has 0 radical (unpaired) electrons. The van der Waals surface area contributed by atoms with Gasteiger partial charge in [0.05, 0.1) is 12.0 Å². The molecule has 3 aromatic carbocycles. The van der Waals surface area contributed by atoms with Crippen LogP contribution in [0.5, 0.6) is 0 Å². The number of para-hydroxylation sites is 1.